The molecule has 4 rings (SSSR count). The first-order valence-electron chi connectivity index (χ1n) is 7.88. The van der Waals surface area contributed by atoms with Crippen molar-refractivity contribution in [1.82, 2.24) is 9.88 Å². The lowest BCUT2D eigenvalue weighted by molar-refractivity contribution is 0.0933. The lowest BCUT2D eigenvalue weighted by Gasteiger charge is -2.32. The number of amides is 1. The summed E-state index contributed by atoms with van der Waals surface area (Å²) >= 11 is 1.58. The molecule has 0 spiro atoms. The SMILES string of the molecule is CCOC(=O)N1C2C=C(c3nc4cc(F)ccc4s3)CC1CC2. The van der Waals surface area contributed by atoms with Crippen LogP contribution in [0, 0.1) is 5.82 Å². The molecule has 2 atom stereocenters. The maximum atomic E-state index is 13.3. The van der Waals surface area contributed by atoms with Gasteiger partial charge in [0.15, 0.2) is 0 Å². The van der Waals surface area contributed by atoms with Gasteiger partial charge in [-0.15, -0.1) is 11.3 Å². The summed E-state index contributed by atoms with van der Waals surface area (Å²) in [7, 11) is 0. The van der Waals surface area contributed by atoms with Gasteiger partial charge in [-0.1, -0.05) is 6.08 Å². The highest BCUT2D eigenvalue weighted by molar-refractivity contribution is 7.19. The molecule has 2 aliphatic heterocycles. The molecule has 4 nitrogen and oxygen atoms in total. The fraction of sp³-hybridized carbons (Fsp3) is 0.412. The summed E-state index contributed by atoms with van der Waals surface area (Å²) in [6.07, 6.45) is 4.66. The molecule has 0 saturated carbocycles. The largest absolute Gasteiger partial charge is 0.450 e. The maximum absolute atomic E-state index is 13.3. The van der Waals surface area contributed by atoms with E-state index in [9.17, 15) is 9.18 Å². The zero-order valence-corrected chi connectivity index (χ0v) is 13.6. The van der Waals surface area contributed by atoms with Crippen LogP contribution in [0.5, 0.6) is 0 Å². The first-order valence-corrected chi connectivity index (χ1v) is 8.69. The fourth-order valence-electron chi connectivity index (χ4n) is 3.51. The monoisotopic (exact) mass is 332 g/mol. The van der Waals surface area contributed by atoms with E-state index in [1.165, 1.54) is 17.7 Å². The fourth-order valence-corrected chi connectivity index (χ4v) is 4.49. The van der Waals surface area contributed by atoms with Crippen molar-refractivity contribution in [1.29, 1.82) is 0 Å². The summed E-state index contributed by atoms with van der Waals surface area (Å²) in [5.41, 5.74) is 1.87. The standard InChI is InChI=1S/C17H17FN2O2S/c1-2-22-17(21)20-12-4-5-13(20)8-10(7-12)16-19-14-9-11(18)3-6-15(14)23-16/h3,6-7,9,12-13H,2,4-5,8H2,1H3. The van der Waals surface area contributed by atoms with Crippen molar-refractivity contribution in [2.24, 2.45) is 0 Å². The molecule has 0 radical (unpaired) electrons. The van der Waals surface area contributed by atoms with Crippen molar-refractivity contribution < 1.29 is 13.9 Å². The molecule has 1 amide bonds. The average molecular weight is 332 g/mol. The Morgan fingerprint density at radius 1 is 1.48 bits per heavy atom. The second kappa shape index (κ2) is 5.60. The number of rotatable bonds is 2. The minimum Gasteiger partial charge on any atom is -0.450 e. The van der Waals surface area contributed by atoms with Crippen molar-refractivity contribution in [2.75, 3.05) is 6.61 Å². The van der Waals surface area contributed by atoms with Crippen LogP contribution >= 0.6 is 11.3 Å². The second-order valence-corrected chi connectivity index (χ2v) is 6.96. The highest BCUT2D eigenvalue weighted by atomic mass is 32.1. The van der Waals surface area contributed by atoms with Gasteiger partial charge >= 0.3 is 6.09 Å². The summed E-state index contributed by atoms with van der Waals surface area (Å²) < 4.78 is 19.5. The maximum Gasteiger partial charge on any atom is 0.410 e. The summed E-state index contributed by atoms with van der Waals surface area (Å²) in [5.74, 6) is -0.263. The summed E-state index contributed by atoms with van der Waals surface area (Å²) in [6, 6.07) is 4.98. The highest BCUT2D eigenvalue weighted by Gasteiger charge is 2.41. The number of fused-ring (bicyclic) bond motifs is 3. The van der Waals surface area contributed by atoms with Gasteiger partial charge in [-0.05, 0) is 43.9 Å². The van der Waals surface area contributed by atoms with Gasteiger partial charge in [-0.25, -0.2) is 14.2 Å². The summed E-state index contributed by atoms with van der Waals surface area (Å²) in [6.45, 7) is 2.22. The van der Waals surface area contributed by atoms with Crippen LogP contribution in [0.25, 0.3) is 15.8 Å². The molecule has 0 N–H and O–H groups in total. The molecule has 2 aliphatic rings. The molecule has 120 valence electrons. The lowest BCUT2D eigenvalue weighted by atomic mass is 10.0. The molecule has 0 aliphatic carbocycles. The first kappa shape index (κ1) is 14.6. The quantitative estimate of drug-likeness (QED) is 0.827. The Morgan fingerprint density at radius 2 is 2.35 bits per heavy atom. The number of hydrogen-bond donors (Lipinski definition) is 0. The third kappa shape index (κ3) is 2.51. The molecule has 1 fully saturated rings. The molecular weight excluding hydrogens is 315 g/mol. The number of carbonyl (C=O) groups excluding carboxylic acids is 1. The second-order valence-electron chi connectivity index (χ2n) is 5.93. The zero-order valence-electron chi connectivity index (χ0n) is 12.8. The molecule has 2 bridgehead atoms. The topological polar surface area (TPSA) is 42.4 Å². The number of ether oxygens (including phenoxy) is 1. The van der Waals surface area contributed by atoms with Crippen LogP contribution in [-0.2, 0) is 4.74 Å². The molecule has 2 unspecified atom stereocenters. The predicted octanol–water partition coefficient (Wildman–Crippen LogP) is 4.21. The molecule has 23 heavy (non-hydrogen) atoms. The number of carbonyl (C=O) groups is 1. The summed E-state index contributed by atoms with van der Waals surface area (Å²) in [4.78, 5) is 18.5. The van der Waals surface area contributed by atoms with Gasteiger partial charge in [0.05, 0.1) is 22.9 Å². The van der Waals surface area contributed by atoms with E-state index in [0.717, 1.165) is 29.0 Å². The number of halogens is 1. The minimum absolute atomic E-state index is 0.0894. The third-order valence-electron chi connectivity index (χ3n) is 4.50. The molecular formula is C17H17FN2O2S. The van der Waals surface area contributed by atoms with Crippen molar-refractivity contribution >= 4 is 33.2 Å². The molecule has 1 aromatic carbocycles. The van der Waals surface area contributed by atoms with E-state index in [1.54, 1.807) is 17.4 Å². The minimum atomic E-state index is -0.263. The van der Waals surface area contributed by atoms with Crippen molar-refractivity contribution in [3.05, 3.63) is 35.1 Å². The number of hydrogen-bond acceptors (Lipinski definition) is 4. The van der Waals surface area contributed by atoms with Crippen LogP contribution in [0.15, 0.2) is 24.3 Å². The van der Waals surface area contributed by atoms with Crippen LogP contribution in [0.1, 0.15) is 31.2 Å². The Morgan fingerprint density at radius 3 is 3.13 bits per heavy atom. The van der Waals surface area contributed by atoms with E-state index in [2.05, 4.69) is 11.1 Å². The molecule has 6 heteroatoms. The van der Waals surface area contributed by atoms with Gasteiger partial charge in [-0.3, -0.25) is 4.90 Å². The number of thiazole rings is 1. The first-order chi connectivity index (χ1) is 11.2. The number of nitrogens with zero attached hydrogens (tertiary/aromatic N) is 2. The van der Waals surface area contributed by atoms with E-state index < -0.39 is 0 Å². The Labute approximate surface area is 137 Å². The number of benzene rings is 1. The van der Waals surface area contributed by atoms with Gasteiger partial charge in [0.1, 0.15) is 10.8 Å². The van der Waals surface area contributed by atoms with Crippen LogP contribution in [0.2, 0.25) is 0 Å². The number of aromatic nitrogens is 1. The van der Waals surface area contributed by atoms with E-state index in [1.807, 2.05) is 11.8 Å². The van der Waals surface area contributed by atoms with Crippen molar-refractivity contribution in [3.63, 3.8) is 0 Å². The van der Waals surface area contributed by atoms with Crippen LogP contribution < -0.4 is 0 Å². The van der Waals surface area contributed by atoms with Gasteiger partial charge in [0.2, 0.25) is 0 Å². The highest BCUT2D eigenvalue weighted by Crippen LogP contribution is 2.40. The van der Waals surface area contributed by atoms with Crippen molar-refractivity contribution in [2.45, 2.75) is 38.3 Å². The molecule has 1 aromatic heterocycles. The summed E-state index contributed by atoms with van der Waals surface area (Å²) in [5, 5.41) is 0.936. The Bertz CT molecular complexity index is 801. The molecule has 1 saturated heterocycles. The third-order valence-corrected chi connectivity index (χ3v) is 5.61. The van der Waals surface area contributed by atoms with Gasteiger partial charge in [0, 0.05) is 12.1 Å². The predicted molar refractivity (Wildman–Crippen MR) is 87.8 cm³/mol. The van der Waals surface area contributed by atoms with Gasteiger partial charge < -0.3 is 4.74 Å². The smallest absolute Gasteiger partial charge is 0.410 e. The van der Waals surface area contributed by atoms with Crippen molar-refractivity contribution in [3.8, 4) is 0 Å². The van der Waals surface area contributed by atoms with Gasteiger partial charge in [0.25, 0.3) is 0 Å². The van der Waals surface area contributed by atoms with Crippen LogP contribution in [-0.4, -0.2) is 34.7 Å². The molecule has 2 aromatic rings. The Balaban J connectivity index is 1.65. The van der Waals surface area contributed by atoms with Crippen LogP contribution in [0.4, 0.5) is 9.18 Å². The normalized spacial score (nSPS) is 23.2. The Kier molecular flexibility index (Phi) is 3.56. The Hall–Kier alpha value is -1.95. The molecule has 3 heterocycles. The zero-order chi connectivity index (χ0) is 16.0. The van der Waals surface area contributed by atoms with E-state index >= 15 is 0 Å². The van der Waals surface area contributed by atoms with Crippen LogP contribution in [0.3, 0.4) is 0 Å². The van der Waals surface area contributed by atoms with E-state index in [4.69, 9.17) is 4.74 Å². The van der Waals surface area contributed by atoms with E-state index in [-0.39, 0.29) is 24.0 Å². The van der Waals surface area contributed by atoms with E-state index in [0.29, 0.717) is 12.1 Å². The lowest BCUT2D eigenvalue weighted by Crippen LogP contribution is -2.43. The van der Waals surface area contributed by atoms with Gasteiger partial charge in [-0.2, -0.15) is 0 Å². The average Bonchev–Trinajstić information content (AvgIpc) is 3.06.